The average Bonchev–Trinajstić information content (AvgIpc) is 2.17. The van der Waals surface area contributed by atoms with Crippen molar-refractivity contribution >= 4 is 59.5 Å². The molecule has 462 valence electrons. The first kappa shape index (κ1) is 65.4. The molecule has 1 aromatic heterocycles. The molecule has 0 aliphatic carbocycles. The minimum atomic E-state index is -1.89. The zero-order chi connectivity index (χ0) is 62.1. The summed E-state index contributed by atoms with van der Waals surface area (Å²) in [6, 6.07) is 7.07. The minimum Gasteiger partial charge on any atom is -0.493 e. The first-order valence-corrected chi connectivity index (χ1v) is 26.7. The van der Waals surface area contributed by atoms with Crippen molar-refractivity contribution in [1.82, 2.24) is 20.7 Å². The number of hydrogen-bond donors (Lipinski definition) is 4. The van der Waals surface area contributed by atoms with E-state index in [1.807, 2.05) is 0 Å². The zero-order valence-electron chi connectivity index (χ0n) is 48.1. The highest BCUT2D eigenvalue weighted by Crippen LogP contribution is 2.42. The van der Waals surface area contributed by atoms with Gasteiger partial charge in [-0.25, -0.2) is 24.1 Å². The van der Waals surface area contributed by atoms with Gasteiger partial charge in [-0.2, -0.15) is 5.48 Å². The molecule has 6 rings (SSSR count). The van der Waals surface area contributed by atoms with Crippen molar-refractivity contribution in [1.29, 1.82) is 0 Å². The van der Waals surface area contributed by atoms with E-state index in [0.29, 0.717) is 30.6 Å². The average molecular weight is 1200 g/mol. The molecule has 2 aromatic carbocycles. The number of pyridine rings is 1. The number of esters is 4. The number of rotatable bonds is 26. The Labute approximate surface area is 487 Å². The summed E-state index contributed by atoms with van der Waals surface area (Å²) >= 11 is 0. The molecule has 0 radical (unpaired) electrons. The lowest BCUT2D eigenvalue weighted by molar-refractivity contribution is -0.282. The number of carbonyl (C=O) groups excluding carboxylic acids is 8. The van der Waals surface area contributed by atoms with Gasteiger partial charge in [0.25, 0.3) is 11.8 Å². The summed E-state index contributed by atoms with van der Waals surface area (Å²) in [6.07, 6.45) is -8.20. The fraction of sp³-hybridized carbons (Fsp3) is 0.500. The van der Waals surface area contributed by atoms with Gasteiger partial charge in [0.1, 0.15) is 23.7 Å². The van der Waals surface area contributed by atoms with E-state index >= 15 is 0 Å². The Bertz CT molecular complexity index is 2950. The number of nitrogens with zero attached hydrogens (tertiary/aromatic N) is 3. The summed E-state index contributed by atoms with van der Waals surface area (Å²) < 4.78 is 67.3. The van der Waals surface area contributed by atoms with Gasteiger partial charge in [-0.15, -0.1) is 0 Å². The molecular weight excluding hydrogens is 1130 g/mol. The Balaban J connectivity index is 1.25. The fourth-order valence-corrected chi connectivity index (χ4v) is 8.96. The number of aromatic carboxylic acids is 1. The standard InChI is InChI=1S/C56H69N5O24/c1-30-21-40-50(67)61(39-25-43(42(73-8)24-37(39)49(66)60(40)28-30)77-17-12-10-11-16-76-36-23-35(51(68)69)26-57-27-36)55(72)78-29-34-13-14-41(38(22-34)48(65)58-15-18-75-19-20-79-59-54(71)85-56(5,6)7)83-53-47(82-33(4)64)45(81-32(3)63)44(80-31(2)62)46(84-53)52(70)74-9/h13-14,22-27,40,44-47,50,53,67H,1,10-12,15-21,28-29H2,2-9H3,(H,58,65)(H,59,71)(H,68,69)/t40-,44-,45-,46-,47+,50?,53+/m0/s1. The normalized spacial score (nSPS) is 19.8. The van der Waals surface area contributed by atoms with Crippen molar-refractivity contribution in [3.8, 4) is 23.0 Å². The maximum absolute atomic E-state index is 14.6. The molecule has 4 amide bonds. The van der Waals surface area contributed by atoms with Crippen LogP contribution >= 0.6 is 0 Å². The van der Waals surface area contributed by atoms with E-state index in [4.69, 9.17) is 61.7 Å². The van der Waals surface area contributed by atoms with Crippen LogP contribution in [0.3, 0.4) is 0 Å². The predicted molar refractivity (Wildman–Crippen MR) is 289 cm³/mol. The number of carbonyl (C=O) groups is 9. The van der Waals surface area contributed by atoms with Gasteiger partial charge in [-0.1, -0.05) is 18.2 Å². The number of nitrogens with one attached hydrogen (secondary N) is 2. The molecule has 29 nitrogen and oxygen atoms in total. The van der Waals surface area contributed by atoms with Crippen molar-refractivity contribution in [3.63, 3.8) is 0 Å². The molecular formula is C56H69N5O24. The summed E-state index contributed by atoms with van der Waals surface area (Å²) in [5.41, 5.74) is 1.71. The van der Waals surface area contributed by atoms with Crippen molar-refractivity contribution in [2.24, 2.45) is 0 Å². The van der Waals surface area contributed by atoms with Crippen molar-refractivity contribution in [2.75, 3.05) is 65.2 Å². The van der Waals surface area contributed by atoms with E-state index in [1.165, 1.54) is 60.8 Å². The highest BCUT2D eigenvalue weighted by atomic mass is 16.7. The number of hydroxylamine groups is 1. The number of benzene rings is 2. The number of unbranched alkanes of at least 4 members (excludes halogenated alkanes) is 2. The van der Waals surface area contributed by atoms with Crippen molar-refractivity contribution in [2.45, 2.75) is 122 Å². The van der Waals surface area contributed by atoms with Crippen LogP contribution < -0.4 is 34.6 Å². The van der Waals surface area contributed by atoms with Crippen LogP contribution in [0.15, 0.2) is 60.9 Å². The quantitative estimate of drug-likeness (QED) is 0.0291. The summed E-state index contributed by atoms with van der Waals surface area (Å²) in [4.78, 5) is 128. The predicted octanol–water partition coefficient (Wildman–Crippen LogP) is 3.94. The third-order valence-corrected chi connectivity index (χ3v) is 12.6. The van der Waals surface area contributed by atoms with Gasteiger partial charge in [-0.3, -0.25) is 33.8 Å². The Morgan fingerprint density at radius 3 is 2.18 bits per heavy atom. The molecule has 0 saturated carbocycles. The lowest BCUT2D eigenvalue weighted by Crippen LogP contribution is -2.64. The van der Waals surface area contributed by atoms with Gasteiger partial charge in [0.05, 0.1) is 81.9 Å². The molecule has 4 N–H and O–H groups in total. The van der Waals surface area contributed by atoms with E-state index in [2.05, 4.69) is 22.4 Å². The second kappa shape index (κ2) is 30.1. The van der Waals surface area contributed by atoms with Gasteiger partial charge < -0.3 is 77.3 Å². The van der Waals surface area contributed by atoms with E-state index in [9.17, 15) is 53.4 Å². The number of carboxylic acids is 1. The smallest absolute Gasteiger partial charge is 0.431 e. The number of carboxylic acid groups (broad SMARTS) is 1. The molecule has 4 heterocycles. The molecule has 29 heteroatoms. The van der Waals surface area contributed by atoms with Crippen LogP contribution in [-0.4, -0.2) is 183 Å². The highest BCUT2D eigenvalue weighted by Gasteiger charge is 2.56. The first-order chi connectivity index (χ1) is 40.4. The Morgan fingerprint density at radius 1 is 0.812 bits per heavy atom. The number of hydrogen-bond acceptors (Lipinski definition) is 24. The molecule has 0 bridgehead atoms. The summed E-state index contributed by atoms with van der Waals surface area (Å²) in [6.45, 7) is 11.6. The van der Waals surface area contributed by atoms with E-state index < -0.39 is 109 Å². The Kier molecular flexibility index (Phi) is 23.2. The third kappa shape index (κ3) is 18.1. The van der Waals surface area contributed by atoms with Crippen LogP contribution in [0.2, 0.25) is 0 Å². The van der Waals surface area contributed by atoms with E-state index in [-0.39, 0.29) is 97.7 Å². The fourth-order valence-electron chi connectivity index (χ4n) is 8.96. The third-order valence-electron chi connectivity index (χ3n) is 12.6. The number of aliphatic hydroxyl groups excluding tert-OH is 1. The molecule has 3 aliphatic rings. The number of methoxy groups -OCH3 is 2. The lowest BCUT2D eigenvalue weighted by atomic mass is 9.97. The topological polar surface area (TPSA) is 358 Å². The molecule has 1 unspecified atom stereocenters. The second-order valence-corrected chi connectivity index (χ2v) is 20.2. The van der Waals surface area contributed by atoms with Crippen LogP contribution in [0.25, 0.3) is 0 Å². The Hall–Kier alpha value is -8.80. The first-order valence-electron chi connectivity index (χ1n) is 26.7. The number of anilines is 1. The summed E-state index contributed by atoms with van der Waals surface area (Å²) in [7, 11) is 2.37. The second-order valence-electron chi connectivity index (χ2n) is 20.2. The zero-order valence-corrected chi connectivity index (χ0v) is 48.1. The largest absolute Gasteiger partial charge is 0.493 e. The molecule has 3 aliphatic heterocycles. The van der Waals surface area contributed by atoms with Crippen LogP contribution in [-0.2, 0) is 68.5 Å². The van der Waals surface area contributed by atoms with Crippen molar-refractivity contribution < 1.29 is 115 Å². The minimum absolute atomic E-state index is 0.0143. The number of aliphatic hydroxyl groups is 1. The highest BCUT2D eigenvalue weighted by molar-refractivity contribution is 6.06. The Morgan fingerprint density at radius 2 is 1.51 bits per heavy atom. The maximum atomic E-state index is 14.6. The van der Waals surface area contributed by atoms with Gasteiger partial charge >= 0.3 is 42.0 Å². The van der Waals surface area contributed by atoms with Crippen molar-refractivity contribution in [3.05, 3.63) is 83.2 Å². The molecule has 7 atom stereocenters. The maximum Gasteiger partial charge on any atom is 0.431 e. The monoisotopic (exact) mass is 1200 g/mol. The van der Waals surface area contributed by atoms with Crippen LogP contribution in [0.4, 0.5) is 15.3 Å². The number of ether oxygens (including phenoxy) is 12. The number of fused-ring (bicyclic) bond motifs is 2. The summed E-state index contributed by atoms with van der Waals surface area (Å²) in [5.74, 6) is -6.21. The van der Waals surface area contributed by atoms with Crippen LogP contribution in [0.1, 0.15) is 104 Å². The summed E-state index contributed by atoms with van der Waals surface area (Å²) in [5, 5.41) is 24.0. The lowest BCUT2D eigenvalue weighted by Gasteiger charge is -2.43. The molecule has 85 heavy (non-hydrogen) atoms. The van der Waals surface area contributed by atoms with E-state index in [1.54, 1.807) is 20.8 Å². The SMILES string of the molecule is C=C1C[C@H]2C(O)N(C(=O)OCc3ccc(O[C@@H]4O[C@H](C(=O)OC)[C@@H](OC(C)=O)[C@H](OC(C)=O)[C@H]4OC(C)=O)c(C(=O)NCCOCCONC(=O)OC(C)(C)C)c3)c3cc(OCCCCCOc4cncc(C(=O)O)c4)c(OC)cc3C(=O)N2C1. The van der Waals surface area contributed by atoms with Crippen LogP contribution in [0.5, 0.6) is 23.0 Å². The van der Waals surface area contributed by atoms with Crippen LogP contribution in [0, 0.1) is 0 Å². The van der Waals surface area contributed by atoms with Gasteiger partial charge in [0, 0.05) is 46.1 Å². The molecule has 2 saturated heterocycles. The molecule has 3 aromatic rings. The van der Waals surface area contributed by atoms with E-state index in [0.717, 1.165) is 32.8 Å². The van der Waals surface area contributed by atoms with Gasteiger partial charge in [-0.05, 0) is 76.3 Å². The molecule has 0 spiro atoms. The number of amides is 4. The van der Waals surface area contributed by atoms with Gasteiger partial charge in [0.15, 0.2) is 36.0 Å². The van der Waals surface area contributed by atoms with Gasteiger partial charge in [0.2, 0.25) is 12.4 Å². The molecule has 2 fully saturated rings. The number of aromatic nitrogens is 1.